The number of benzene rings is 2. The van der Waals surface area contributed by atoms with E-state index < -0.39 is 72.6 Å². The summed E-state index contributed by atoms with van der Waals surface area (Å²) in [6, 6.07) is 14.3. The number of nitrogens with one attached hydrogen (secondary N) is 3. The number of nitrogens with two attached hydrogens (primary N) is 3. The molecule has 4 amide bonds. The summed E-state index contributed by atoms with van der Waals surface area (Å²) in [5.74, 6) is -0.733. The van der Waals surface area contributed by atoms with Gasteiger partial charge in [-0.1, -0.05) is 60.7 Å². The zero-order valence-corrected chi connectivity index (χ0v) is 31.6. The van der Waals surface area contributed by atoms with Crippen LogP contribution in [0, 0.1) is 5.92 Å². The molecule has 0 bridgehead atoms. The Morgan fingerprint density at radius 2 is 1.23 bits per heavy atom. The van der Waals surface area contributed by atoms with Crippen LogP contribution in [0.2, 0.25) is 0 Å². The summed E-state index contributed by atoms with van der Waals surface area (Å²) in [5.41, 5.74) is 13.6. The van der Waals surface area contributed by atoms with Crippen LogP contribution in [0.4, 0.5) is 17.6 Å². The lowest BCUT2D eigenvalue weighted by Crippen LogP contribution is -2.58. The number of aliphatic carboxylic acids is 1. The number of carbonyl (C=O) groups excluding carboxylic acids is 5. The molecule has 0 aromatic heterocycles. The minimum Gasteiger partial charge on any atom is -0.475 e. The van der Waals surface area contributed by atoms with Crippen LogP contribution in [-0.4, -0.2) is 102 Å². The number of hydrogen-bond acceptors (Lipinski definition) is 10. The van der Waals surface area contributed by atoms with E-state index in [0.29, 0.717) is 45.1 Å². The quantitative estimate of drug-likeness (QED) is 0.0577. The molecule has 2 aromatic carbocycles. The van der Waals surface area contributed by atoms with Crippen molar-refractivity contribution < 1.29 is 56.3 Å². The third-order valence-corrected chi connectivity index (χ3v) is 9.12. The molecular weight excluding hydrogens is 758 g/mol. The van der Waals surface area contributed by atoms with Gasteiger partial charge in [0.1, 0.15) is 18.1 Å². The van der Waals surface area contributed by atoms with Crippen molar-refractivity contribution >= 4 is 35.6 Å². The van der Waals surface area contributed by atoms with Crippen molar-refractivity contribution in [1.29, 1.82) is 0 Å². The van der Waals surface area contributed by atoms with E-state index in [1.165, 1.54) is 0 Å². The van der Waals surface area contributed by atoms with Crippen molar-refractivity contribution in [3.8, 4) is 0 Å². The average Bonchev–Trinajstić information content (AvgIpc) is 3.19. The molecule has 0 aliphatic carbocycles. The molecule has 10 N–H and O–H groups in total. The number of rotatable bonds is 20. The monoisotopic (exact) mass is 811 g/mol. The molecule has 1 aliphatic rings. The van der Waals surface area contributed by atoms with Gasteiger partial charge < -0.3 is 42.3 Å². The Kier molecular flexibility index (Phi) is 21.2. The number of amides is 4. The molecule has 0 spiro atoms. The summed E-state index contributed by atoms with van der Waals surface area (Å²) >= 11 is 0. The van der Waals surface area contributed by atoms with Crippen LogP contribution in [0.5, 0.6) is 0 Å². The van der Waals surface area contributed by atoms with Crippen molar-refractivity contribution in [3.05, 3.63) is 71.8 Å². The summed E-state index contributed by atoms with van der Waals surface area (Å²) in [7, 11) is 0. The normalized spacial score (nSPS) is 15.1. The van der Waals surface area contributed by atoms with E-state index in [4.69, 9.17) is 27.3 Å². The fourth-order valence-electron chi connectivity index (χ4n) is 5.96. The molecule has 1 saturated heterocycles. The molecule has 1 unspecified atom stereocenters. The maximum Gasteiger partial charge on any atom is 0.490 e. The second-order valence-corrected chi connectivity index (χ2v) is 13.5. The van der Waals surface area contributed by atoms with Gasteiger partial charge in [0.05, 0.1) is 18.6 Å². The first-order chi connectivity index (χ1) is 27.1. The third kappa shape index (κ3) is 17.7. The SMILES string of the molecule is NCCCC[C@@H](NC(=O)C(CCCCF)NC(=O)[C@@H](Cc1ccccc1)NC(=O)[C@H](N)Cc1ccccc1)C(=O)N1CCC(C(=O)ON)CC1.O=C(O)C(F)(F)F. The van der Waals surface area contributed by atoms with Gasteiger partial charge in [-0.15, -0.1) is 0 Å². The van der Waals surface area contributed by atoms with Crippen LogP contribution in [0.15, 0.2) is 60.7 Å². The van der Waals surface area contributed by atoms with Crippen molar-refractivity contribution in [2.75, 3.05) is 26.3 Å². The second kappa shape index (κ2) is 25.2. The summed E-state index contributed by atoms with van der Waals surface area (Å²) in [4.78, 5) is 81.3. The van der Waals surface area contributed by atoms with Crippen LogP contribution in [-0.2, 0) is 46.4 Å². The fraction of sp³-hybridized carbons (Fsp3) is 0.526. The topological polar surface area (TPSA) is 249 Å². The zero-order valence-electron chi connectivity index (χ0n) is 31.6. The molecule has 0 radical (unpaired) electrons. The predicted octanol–water partition coefficient (Wildman–Crippen LogP) is 1.81. The fourth-order valence-corrected chi connectivity index (χ4v) is 5.96. The van der Waals surface area contributed by atoms with Gasteiger partial charge >= 0.3 is 18.1 Å². The number of carboxylic acids is 1. The Morgan fingerprint density at radius 1 is 0.754 bits per heavy atom. The largest absolute Gasteiger partial charge is 0.490 e. The number of hydrogen-bond donors (Lipinski definition) is 7. The molecular formula is C38H53F4N7O8. The van der Waals surface area contributed by atoms with Crippen LogP contribution in [0.25, 0.3) is 0 Å². The number of nitrogens with zero attached hydrogens (tertiary/aromatic N) is 1. The minimum absolute atomic E-state index is 0.108. The molecule has 0 saturated carbocycles. The van der Waals surface area contributed by atoms with Gasteiger partial charge in [-0.25, -0.2) is 4.79 Å². The number of unbranched alkanes of at least 4 members (excludes halogenated alkanes) is 2. The van der Waals surface area contributed by atoms with E-state index in [0.717, 1.165) is 11.1 Å². The number of likely N-dealkylation sites (tertiary alicyclic amines) is 1. The molecule has 4 atom stereocenters. The van der Waals surface area contributed by atoms with E-state index in [9.17, 15) is 41.5 Å². The Labute approximate surface area is 328 Å². The van der Waals surface area contributed by atoms with Crippen LogP contribution in [0.3, 0.4) is 0 Å². The van der Waals surface area contributed by atoms with Gasteiger partial charge in [-0.3, -0.25) is 28.4 Å². The molecule has 15 nitrogen and oxygen atoms in total. The molecule has 57 heavy (non-hydrogen) atoms. The van der Waals surface area contributed by atoms with Gasteiger partial charge in [-0.05, 0) is 75.5 Å². The molecule has 3 rings (SSSR count). The lowest BCUT2D eigenvalue weighted by molar-refractivity contribution is -0.192. The highest BCUT2D eigenvalue weighted by Gasteiger charge is 2.38. The minimum atomic E-state index is -5.08. The Bertz CT molecular complexity index is 1570. The number of carboxylic acid groups (broad SMARTS) is 1. The maximum atomic E-state index is 13.8. The summed E-state index contributed by atoms with van der Waals surface area (Å²) in [6.07, 6.45) is -1.86. The van der Waals surface area contributed by atoms with Crippen molar-refractivity contribution in [1.82, 2.24) is 20.9 Å². The number of alkyl halides is 4. The maximum absolute atomic E-state index is 13.8. The number of carbonyl (C=O) groups is 6. The summed E-state index contributed by atoms with van der Waals surface area (Å²) < 4.78 is 44.8. The van der Waals surface area contributed by atoms with Gasteiger partial charge in [0.25, 0.3) is 0 Å². The first-order valence-corrected chi connectivity index (χ1v) is 18.6. The van der Waals surface area contributed by atoms with E-state index >= 15 is 0 Å². The summed E-state index contributed by atoms with van der Waals surface area (Å²) in [5, 5.41) is 15.5. The first-order valence-electron chi connectivity index (χ1n) is 18.6. The zero-order chi connectivity index (χ0) is 42.4. The molecule has 316 valence electrons. The highest BCUT2D eigenvalue weighted by Crippen LogP contribution is 2.20. The first kappa shape index (κ1) is 48.0. The highest BCUT2D eigenvalue weighted by molar-refractivity contribution is 5.95. The number of piperidine rings is 1. The average molecular weight is 812 g/mol. The van der Waals surface area contributed by atoms with E-state index in [1.807, 2.05) is 60.7 Å². The second-order valence-electron chi connectivity index (χ2n) is 13.5. The molecule has 1 heterocycles. The summed E-state index contributed by atoms with van der Waals surface area (Å²) in [6.45, 7) is 0.382. The van der Waals surface area contributed by atoms with Crippen molar-refractivity contribution in [2.45, 2.75) is 94.6 Å². The van der Waals surface area contributed by atoms with E-state index in [1.54, 1.807) is 4.90 Å². The van der Waals surface area contributed by atoms with Gasteiger partial charge in [0.15, 0.2) is 0 Å². The molecule has 2 aromatic rings. The van der Waals surface area contributed by atoms with Crippen LogP contribution >= 0.6 is 0 Å². The standard InChI is InChI=1S/C36H52FN7O6.C2HF3O2/c37-19-9-7-15-29(33(46)42-30(16-8-10-20-38)35(48)44-21-17-27(18-22-44)36(49)50-40)41-34(47)31(24-26-13-5-2-6-14-26)43-32(45)28(39)23-25-11-3-1-4-12-25;3-2(4,5)1(6)7/h1-6,11-14,27-31H,7-10,15-24,38-40H2,(H,41,47)(H,42,46)(H,43,45);(H,6,7)/t28-,29?,30-,31-;/m1./s1. The lowest BCUT2D eigenvalue weighted by Gasteiger charge is -2.34. The third-order valence-electron chi connectivity index (χ3n) is 9.12. The van der Waals surface area contributed by atoms with Crippen LogP contribution < -0.4 is 33.3 Å². The Balaban J connectivity index is 0.00000146. The smallest absolute Gasteiger partial charge is 0.475 e. The Hall–Kier alpha value is -5.14. The van der Waals surface area contributed by atoms with Gasteiger partial charge in [0.2, 0.25) is 23.6 Å². The molecule has 1 aliphatic heterocycles. The van der Waals surface area contributed by atoms with E-state index in [-0.39, 0.29) is 44.7 Å². The lowest BCUT2D eigenvalue weighted by atomic mass is 9.96. The van der Waals surface area contributed by atoms with Crippen molar-refractivity contribution in [3.63, 3.8) is 0 Å². The molecule has 19 heteroatoms. The number of halogens is 4. The molecule has 1 fully saturated rings. The van der Waals surface area contributed by atoms with Gasteiger partial charge in [-0.2, -0.15) is 19.1 Å². The predicted molar refractivity (Wildman–Crippen MR) is 200 cm³/mol. The Morgan fingerprint density at radius 3 is 1.74 bits per heavy atom. The van der Waals surface area contributed by atoms with Crippen LogP contribution in [0.1, 0.15) is 62.5 Å². The van der Waals surface area contributed by atoms with Gasteiger partial charge in [0, 0.05) is 19.5 Å². The van der Waals surface area contributed by atoms with E-state index in [2.05, 4.69) is 20.8 Å². The highest BCUT2D eigenvalue weighted by atomic mass is 19.4. The van der Waals surface area contributed by atoms with Crippen molar-refractivity contribution in [2.24, 2.45) is 23.3 Å².